The molecule has 0 fully saturated rings. The topological polar surface area (TPSA) is 63.7 Å². The fourth-order valence-corrected chi connectivity index (χ4v) is 4.00. The molecule has 1 aliphatic heterocycles. The highest BCUT2D eigenvalue weighted by molar-refractivity contribution is 5.99. The van der Waals surface area contributed by atoms with E-state index in [2.05, 4.69) is 0 Å². The molecule has 4 aromatic rings. The standard InChI is InChI=1S/C24H18FNO4/c1-13-10-18-19(11-14(13)2)30-23-20(22(18)27)21(15-5-7-16(25)8-6-15)26(24(23)28)12-17-4-3-9-29-17/h3-11,21H,12H2,1-2H3. The Hall–Kier alpha value is -3.67. The van der Waals surface area contributed by atoms with Crippen LogP contribution in [-0.4, -0.2) is 10.8 Å². The number of hydrogen-bond acceptors (Lipinski definition) is 4. The van der Waals surface area contributed by atoms with Crippen LogP contribution in [0, 0.1) is 19.7 Å². The smallest absolute Gasteiger partial charge is 0.291 e. The highest BCUT2D eigenvalue weighted by atomic mass is 19.1. The Labute approximate surface area is 171 Å². The monoisotopic (exact) mass is 403 g/mol. The van der Waals surface area contributed by atoms with Crippen molar-refractivity contribution in [2.75, 3.05) is 0 Å². The van der Waals surface area contributed by atoms with Crippen LogP contribution in [0.2, 0.25) is 0 Å². The van der Waals surface area contributed by atoms with Gasteiger partial charge in [0.1, 0.15) is 17.2 Å². The normalized spacial score (nSPS) is 15.8. The molecule has 1 aliphatic rings. The number of furan rings is 1. The zero-order chi connectivity index (χ0) is 21.0. The summed E-state index contributed by atoms with van der Waals surface area (Å²) < 4.78 is 24.9. The third kappa shape index (κ3) is 2.76. The number of rotatable bonds is 3. The molecule has 6 heteroatoms. The molecule has 1 atom stereocenters. The van der Waals surface area contributed by atoms with Crippen molar-refractivity contribution in [1.82, 2.24) is 4.90 Å². The van der Waals surface area contributed by atoms with Gasteiger partial charge < -0.3 is 13.7 Å². The Bertz CT molecular complexity index is 1340. The van der Waals surface area contributed by atoms with Gasteiger partial charge in [0, 0.05) is 0 Å². The lowest BCUT2D eigenvalue weighted by Crippen LogP contribution is -2.29. The predicted molar refractivity (Wildman–Crippen MR) is 109 cm³/mol. The van der Waals surface area contributed by atoms with Crippen LogP contribution in [0.25, 0.3) is 11.0 Å². The third-order valence-corrected chi connectivity index (χ3v) is 5.67. The maximum absolute atomic E-state index is 13.5. The summed E-state index contributed by atoms with van der Waals surface area (Å²) in [6.07, 6.45) is 1.53. The van der Waals surface area contributed by atoms with Crippen LogP contribution >= 0.6 is 0 Å². The van der Waals surface area contributed by atoms with Gasteiger partial charge in [-0.25, -0.2) is 4.39 Å². The van der Waals surface area contributed by atoms with Crippen molar-refractivity contribution in [3.63, 3.8) is 0 Å². The van der Waals surface area contributed by atoms with E-state index in [4.69, 9.17) is 8.83 Å². The van der Waals surface area contributed by atoms with Gasteiger partial charge in [-0.3, -0.25) is 9.59 Å². The summed E-state index contributed by atoms with van der Waals surface area (Å²) in [4.78, 5) is 28.3. The lowest BCUT2D eigenvalue weighted by Gasteiger charge is -2.24. The molecule has 2 aromatic heterocycles. The molecule has 0 saturated heterocycles. The summed E-state index contributed by atoms with van der Waals surface area (Å²) in [5.74, 6) is -0.186. The second-order valence-electron chi connectivity index (χ2n) is 7.57. The van der Waals surface area contributed by atoms with E-state index < -0.39 is 17.8 Å². The summed E-state index contributed by atoms with van der Waals surface area (Å²) in [6.45, 7) is 4.01. The number of halogens is 1. The van der Waals surface area contributed by atoms with Gasteiger partial charge in [-0.2, -0.15) is 0 Å². The Morgan fingerprint density at radius 3 is 2.47 bits per heavy atom. The van der Waals surface area contributed by atoms with Gasteiger partial charge in [0.2, 0.25) is 5.76 Å². The highest BCUT2D eigenvalue weighted by Gasteiger charge is 2.43. The van der Waals surface area contributed by atoms with Crippen LogP contribution in [0.4, 0.5) is 4.39 Å². The minimum absolute atomic E-state index is 0.0247. The van der Waals surface area contributed by atoms with Crippen molar-refractivity contribution in [3.8, 4) is 0 Å². The number of benzene rings is 2. The van der Waals surface area contributed by atoms with Crippen molar-refractivity contribution in [3.05, 3.63) is 105 Å². The lowest BCUT2D eigenvalue weighted by molar-refractivity contribution is 0.0701. The van der Waals surface area contributed by atoms with Crippen molar-refractivity contribution in [2.45, 2.75) is 26.4 Å². The van der Waals surface area contributed by atoms with E-state index in [9.17, 15) is 14.0 Å². The van der Waals surface area contributed by atoms with Gasteiger partial charge in [0.05, 0.1) is 29.8 Å². The van der Waals surface area contributed by atoms with E-state index >= 15 is 0 Å². The summed E-state index contributed by atoms with van der Waals surface area (Å²) in [5, 5.41) is 0.427. The molecule has 0 N–H and O–H groups in total. The Morgan fingerprint density at radius 2 is 1.77 bits per heavy atom. The van der Waals surface area contributed by atoms with Crippen LogP contribution in [0.1, 0.15) is 44.6 Å². The Kier molecular flexibility index (Phi) is 4.10. The van der Waals surface area contributed by atoms with Gasteiger partial charge in [-0.05, 0) is 66.9 Å². The fourth-order valence-electron chi connectivity index (χ4n) is 4.00. The first-order chi connectivity index (χ1) is 14.4. The van der Waals surface area contributed by atoms with E-state index in [0.29, 0.717) is 22.3 Å². The van der Waals surface area contributed by atoms with Gasteiger partial charge >= 0.3 is 0 Å². The molecule has 0 saturated carbocycles. The maximum Gasteiger partial charge on any atom is 0.291 e. The fraction of sp³-hybridized carbons (Fsp3) is 0.167. The molecule has 30 heavy (non-hydrogen) atoms. The average Bonchev–Trinajstić information content (AvgIpc) is 3.33. The highest BCUT2D eigenvalue weighted by Crippen LogP contribution is 2.39. The quantitative estimate of drug-likeness (QED) is 0.489. The van der Waals surface area contributed by atoms with Crippen molar-refractivity contribution in [1.29, 1.82) is 0 Å². The summed E-state index contributed by atoms with van der Waals surface area (Å²) in [7, 11) is 0. The van der Waals surface area contributed by atoms with Crippen molar-refractivity contribution in [2.24, 2.45) is 0 Å². The first kappa shape index (κ1) is 18.4. The SMILES string of the molecule is Cc1cc2oc3c(c(=O)c2cc1C)C(c1ccc(F)cc1)N(Cc1ccco1)C3=O. The average molecular weight is 403 g/mol. The van der Waals surface area contributed by atoms with Gasteiger partial charge in [-0.15, -0.1) is 0 Å². The molecule has 2 aromatic carbocycles. The minimum Gasteiger partial charge on any atom is -0.467 e. The number of hydrogen-bond donors (Lipinski definition) is 0. The number of carbonyl (C=O) groups excluding carboxylic acids is 1. The number of fused-ring (bicyclic) bond motifs is 2. The maximum atomic E-state index is 13.5. The summed E-state index contributed by atoms with van der Waals surface area (Å²) in [5.41, 5.74) is 2.97. The Balaban J connectivity index is 1.76. The van der Waals surface area contributed by atoms with Gasteiger partial charge in [-0.1, -0.05) is 12.1 Å². The zero-order valence-corrected chi connectivity index (χ0v) is 16.4. The van der Waals surface area contributed by atoms with E-state index in [0.717, 1.165) is 11.1 Å². The van der Waals surface area contributed by atoms with Crippen LogP contribution in [-0.2, 0) is 6.54 Å². The second kappa shape index (κ2) is 6.69. The van der Waals surface area contributed by atoms with Crippen molar-refractivity contribution < 1.29 is 18.0 Å². The molecule has 1 amide bonds. The van der Waals surface area contributed by atoms with Crippen LogP contribution in [0.5, 0.6) is 0 Å². The van der Waals surface area contributed by atoms with Crippen molar-refractivity contribution >= 4 is 16.9 Å². The molecule has 150 valence electrons. The van der Waals surface area contributed by atoms with Gasteiger partial charge in [0.25, 0.3) is 5.91 Å². The number of amides is 1. The van der Waals surface area contributed by atoms with E-state index in [1.54, 1.807) is 36.4 Å². The zero-order valence-electron chi connectivity index (χ0n) is 16.4. The number of aryl methyl sites for hydroxylation is 2. The molecule has 0 aliphatic carbocycles. The molecule has 5 nitrogen and oxygen atoms in total. The van der Waals surface area contributed by atoms with E-state index in [1.165, 1.54) is 23.3 Å². The minimum atomic E-state index is -0.694. The summed E-state index contributed by atoms with van der Waals surface area (Å²) >= 11 is 0. The predicted octanol–water partition coefficient (Wildman–Crippen LogP) is 4.89. The molecular formula is C24H18FNO4. The second-order valence-corrected chi connectivity index (χ2v) is 7.57. The molecule has 1 unspecified atom stereocenters. The molecule has 3 heterocycles. The van der Waals surface area contributed by atoms with Crippen LogP contribution in [0.15, 0.2) is 68.4 Å². The van der Waals surface area contributed by atoms with E-state index in [-0.39, 0.29) is 23.3 Å². The lowest BCUT2D eigenvalue weighted by atomic mass is 9.97. The van der Waals surface area contributed by atoms with Gasteiger partial charge in [0.15, 0.2) is 5.43 Å². The third-order valence-electron chi connectivity index (χ3n) is 5.67. The molecular weight excluding hydrogens is 385 g/mol. The molecule has 0 radical (unpaired) electrons. The number of nitrogens with zero attached hydrogens (tertiary/aromatic N) is 1. The first-order valence-electron chi connectivity index (χ1n) is 9.61. The summed E-state index contributed by atoms with van der Waals surface area (Å²) in [6, 6.07) is 12.2. The van der Waals surface area contributed by atoms with E-state index in [1.807, 2.05) is 13.8 Å². The molecule has 0 spiro atoms. The van der Waals surface area contributed by atoms with Crippen LogP contribution in [0.3, 0.4) is 0 Å². The largest absolute Gasteiger partial charge is 0.467 e. The number of carbonyl (C=O) groups is 1. The molecule has 0 bridgehead atoms. The first-order valence-corrected chi connectivity index (χ1v) is 9.61. The molecule has 5 rings (SSSR count). The van der Waals surface area contributed by atoms with Crippen LogP contribution < -0.4 is 5.43 Å². The Morgan fingerprint density at radius 1 is 1.03 bits per heavy atom.